The van der Waals surface area contributed by atoms with Crippen LogP contribution in [0.25, 0.3) is 0 Å². The summed E-state index contributed by atoms with van der Waals surface area (Å²) in [7, 11) is -3.18. The van der Waals surface area contributed by atoms with Crippen molar-refractivity contribution in [2.75, 3.05) is 10.7 Å². The fourth-order valence-electron chi connectivity index (χ4n) is 2.29. The third-order valence-corrected chi connectivity index (χ3v) is 4.96. The van der Waals surface area contributed by atoms with Gasteiger partial charge < -0.3 is 4.90 Å². The van der Waals surface area contributed by atoms with Gasteiger partial charge in [0.25, 0.3) is 0 Å². The minimum atomic E-state index is -3.18. The van der Waals surface area contributed by atoms with E-state index in [-0.39, 0.29) is 11.7 Å². The highest BCUT2D eigenvalue weighted by atomic mass is 32.2. The van der Waals surface area contributed by atoms with Crippen molar-refractivity contribution >= 4 is 21.4 Å². The molecule has 1 aliphatic heterocycles. The molecular weight excluding hydrogens is 274 g/mol. The summed E-state index contributed by atoms with van der Waals surface area (Å²) in [6.07, 6.45) is 1.94. The molecule has 108 valence electrons. The van der Waals surface area contributed by atoms with Crippen LogP contribution in [0, 0.1) is 13.8 Å². The highest BCUT2D eigenvalue weighted by molar-refractivity contribution is 7.94. The molecule has 1 amide bonds. The molecule has 1 aromatic carbocycles. The van der Waals surface area contributed by atoms with E-state index in [9.17, 15) is 13.2 Å². The van der Waals surface area contributed by atoms with E-state index < -0.39 is 15.9 Å². The molecule has 0 aromatic heterocycles. The predicted octanol–water partition coefficient (Wildman–Crippen LogP) is 2.36. The van der Waals surface area contributed by atoms with E-state index in [4.69, 9.17) is 0 Å². The first-order valence-electron chi connectivity index (χ1n) is 6.64. The standard InChI is InChI=1S/C15H19NO3S/c1-4-15(17)16(14-7-8-20(18,19)10-14)13-6-5-11(2)12(3)9-13/h5-9,14H,4,10H2,1-3H3/t14-/m1/s1. The van der Waals surface area contributed by atoms with Gasteiger partial charge in [-0.15, -0.1) is 0 Å². The molecule has 0 unspecified atom stereocenters. The number of sulfone groups is 1. The number of hydrogen-bond donors (Lipinski definition) is 0. The first kappa shape index (κ1) is 14.8. The van der Waals surface area contributed by atoms with Crippen LogP contribution in [0.3, 0.4) is 0 Å². The van der Waals surface area contributed by atoms with Crippen molar-refractivity contribution in [2.24, 2.45) is 0 Å². The molecule has 20 heavy (non-hydrogen) atoms. The zero-order valence-electron chi connectivity index (χ0n) is 12.0. The van der Waals surface area contributed by atoms with Crippen LogP contribution in [0.15, 0.2) is 29.7 Å². The number of carbonyl (C=O) groups is 1. The Labute approximate surface area is 120 Å². The maximum atomic E-state index is 12.2. The van der Waals surface area contributed by atoms with Crippen LogP contribution in [-0.4, -0.2) is 26.1 Å². The normalized spacial score (nSPS) is 20.1. The van der Waals surface area contributed by atoms with Crippen molar-refractivity contribution in [3.05, 3.63) is 40.8 Å². The zero-order valence-corrected chi connectivity index (χ0v) is 12.8. The van der Waals surface area contributed by atoms with Gasteiger partial charge in [-0.3, -0.25) is 4.79 Å². The summed E-state index contributed by atoms with van der Waals surface area (Å²) in [4.78, 5) is 13.8. The molecule has 1 atom stereocenters. The molecule has 5 heteroatoms. The van der Waals surface area contributed by atoms with Crippen LogP contribution >= 0.6 is 0 Å². The number of nitrogens with zero attached hydrogens (tertiary/aromatic N) is 1. The van der Waals surface area contributed by atoms with Gasteiger partial charge >= 0.3 is 0 Å². The van der Waals surface area contributed by atoms with E-state index in [2.05, 4.69) is 0 Å². The highest BCUT2D eigenvalue weighted by Crippen LogP contribution is 2.25. The van der Waals surface area contributed by atoms with Crippen LogP contribution in [0.4, 0.5) is 5.69 Å². The van der Waals surface area contributed by atoms with Crippen LogP contribution in [0.1, 0.15) is 24.5 Å². The fraction of sp³-hybridized carbons (Fsp3) is 0.400. The third-order valence-electron chi connectivity index (χ3n) is 3.58. The van der Waals surface area contributed by atoms with Crippen molar-refractivity contribution in [1.29, 1.82) is 0 Å². The summed E-state index contributed by atoms with van der Waals surface area (Å²) in [6.45, 7) is 5.77. The summed E-state index contributed by atoms with van der Waals surface area (Å²) in [5.74, 6) is -0.105. The van der Waals surface area contributed by atoms with Gasteiger partial charge in [0.2, 0.25) is 5.91 Å². The van der Waals surface area contributed by atoms with Crippen LogP contribution in [0.2, 0.25) is 0 Å². The number of amides is 1. The Bertz CT molecular complexity index is 662. The second-order valence-electron chi connectivity index (χ2n) is 5.11. The summed E-state index contributed by atoms with van der Waals surface area (Å²) in [6, 6.07) is 5.35. The maximum Gasteiger partial charge on any atom is 0.227 e. The van der Waals surface area contributed by atoms with Gasteiger partial charge in [0.15, 0.2) is 9.84 Å². The molecule has 0 bridgehead atoms. The van der Waals surface area contributed by atoms with E-state index in [0.717, 1.165) is 16.8 Å². The summed E-state index contributed by atoms with van der Waals surface area (Å²) < 4.78 is 23.2. The molecule has 4 nitrogen and oxygen atoms in total. The van der Waals surface area contributed by atoms with Gasteiger partial charge in [0.1, 0.15) is 0 Å². The van der Waals surface area contributed by atoms with E-state index in [1.54, 1.807) is 17.9 Å². The molecule has 0 fully saturated rings. The van der Waals surface area contributed by atoms with Crippen LogP contribution < -0.4 is 4.90 Å². The lowest BCUT2D eigenvalue weighted by atomic mass is 10.1. The molecule has 1 heterocycles. The summed E-state index contributed by atoms with van der Waals surface area (Å²) in [5.41, 5.74) is 2.99. The maximum absolute atomic E-state index is 12.2. The highest BCUT2D eigenvalue weighted by Gasteiger charge is 2.30. The average molecular weight is 293 g/mol. The lowest BCUT2D eigenvalue weighted by molar-refractivity contribution is -0.118. The fourth-order valence-corrected chi connectivity index (χ4v) is 3.55. The number of benzene rings is 1. The number of hydrogen-bond acceptors (Lipinski definition) is 3. The summed E-state index contributed by atoms with van der Waals surface area (Å²) >= 11 is 0. The number of rotatable bonds is 3. The molecule has 1 aromatic rings. The van der Waals surface area contributed by atoms with E-state index in [1.807, 2.05) is 32.0 Å². The molecule has 0 radical (unpaired) electrons. The van der Waals surface area contributed by atoms with Crippen LogP contribution in [-0.2, 0) is 14.6 Å². The quantitative estimate of drug-likeness (QED) is 0.859. The van der Waals surface area contributed by atoms with Gasteiger partial charge in [-0.2, -0.15) is 0 Å². The van der Waals surface area contributed by atoms with Crippen molar-refractivity contribution in [3.63, 3.8) is 0 Å². The largest absolute Gasteiger partial charge is 0.304 e. The molecule has 0 N–H and O–H groups in total. The van der Waals surface area contributed by atoms with Crippen molar-refractivity contribution in [3.8, 4) is 0 Å². The Hall–Kier alpha value is -1.62. The molecule has 1 aliphatic rings. The van der Waals surface area contributed by atoms with Gasteiger partial charge in [-0.25, -0.2) is 8.42 Å². The van der Waals surface area contributed by atoms with Crippen molar-refractivity contribution in [2.45, 2.75) is 33.2 Å². The molecule has 0 spiro atoms. The molecular formula is C15H19NO3S. The monoisotopic (exact) mass is 293 g/mol. The van der Waals surface area contributed by atoms with Gasteiger partial charge in [-0.1, -0.05) is 13.0 Å². The molecule has 0 aliphatic carbocycles. The van der Waals surface area contributed by atoms with Gasteiger partial charge in [0.05, 0.1) is 11.8 Å². The number of aryl methyl sites for hydroxylation is 2. The lowest BCUT2D eigenvalue weighted by Gasteiger charge is -2.28. The Morgan fingerprint density at radius 1 is 1.30 bits per heavy atom. The minimum absolute atomic E-state index is 0.0360. The Kier molecular flexibility index (Phi) is 3.99. The second-order valence-corrected chi connectivity index (χ2v) is 7.04. The van der Waals surface area contributed by atoms with Crippen molar-refractivity contribution < 1.29 is 13.2 Å². The van der Waals surface area contributed by atoms with Gasteiger partial charge in [0, 0.05) is 17.5 Å². The van der Waals surface area contributed by atoms with E-state index in [1.165, 1.54) is 5.41 Å². The second kappa shape index (κ2) is 5.40. The topological polar surface area (TPSA) is 54.5 Å². The lowest BCUT2D eigenvalue weighted by Crippen LogP contribution is -2.40. The molecule has 0 saturated heterocycles. The average Bonchev–Trinajstić information content (AvgIpc) is 2.74. The zero-order chi connectivity index (χ0) is 14.9. The smallest absolute Gasteiger partial charge is 0.227 e. The van der Waals surface area contributed by atoms with Gasteiger partial charge in [-0.05, 0) is 43.2 Å². The minimum Gasteiger partial charge on any atom is -0.304 e. The Morgan fingerprint density at radius 2 is 2.00 bits per heavy atom. The van der Waals surface area contributed by atoms with E-state index in [0.29, 0.717) is 6.42 Å². The Balaban J connectivity index is 2.41. The summed E-state index contributed by atoms with van der Waals surface area (Å²) in [5, 5.41) is 1.20. The third kappa shape index (κ3) is 2.93. The predicted molar refractivity (Wildman–Crippen MR) is 80.4 cm³/mol. The number of anilines is 1. The van der Waals surface area contributed by atoms with E-state index >= 15 is 0 Å². The first-order valence-corrected chi connectivity index (χ1v) is 8.36. The van der Waals surface area contributed by atoms with Crippen LogP contribution in [0.5, 0.6) is 0 Å². The number of carbonyl (C=O) groups excluding carboxylic acids is 1. The SMILES string of the molecule is CCC(=O)N(c1ccc(C)c(C)c1)[C@@H]1C=CS(=O)(=O)C1. The molecule has 2 rings (SSSR count). The Morgan fingerprint density at radius 3 is 2.50 bits per heavy atom. The molecule has 0 saturated carbocycles. The van der Waals surface area contributed by atoms with Crippen molar-refractivity contribution in [1.82, 2.24) is 0 Å². The first-order chi connectivity index (χ1) is 9.34.